The molecule has 1 aromatic rings. The highest BCUT2D eigenvalue weighted by Gasteiger charge is 2.04. The molecule has 0 fully saturated rings. The molecule has 76 valence electrons. The molecule has 14 heavy (non-hydrogen) atoms. The Morgan fingerprint density at radius 1 is 1.50 bits per heavy atom. The van der Waals surface area contributed by atoms with Crippen molar-refractivity contribution in [1.82, 2.24) is 0 Å². The third-order valence-corrected chi connectivity index (χ3v) is 3.29. The van der Waals surface area contributed by atoms with E-state index in [2.05, 4.69) is 0 Å². The molecule has 0 saturated carbocycles. The molecule has 0 amide bonds. The molecule has 0 unspecified atom stereocenters. The van der Waals surface area contributed by atoms with Gasteiger partial charge >= 0.3 is 0 Å². The molecular weight excluding hydrogens is 239 g/mol. The van der Waals surface area contributed by atoms with Gasteiger partial charge in [-0.2, -0.15) is 0 Å². The van der Waals surface area contributed by atoms with Crippen LogP contribution in [0.5, 0.6) is 0 Å². The number of hydrogen-bond donors (Lipinski definition) is 0. The Morgan fingerprint density at radius 2 is 2.21 bits per heavy atom. The number of ketones is 1. The van der Waals surface area contributed by atoms with Crippen molar-refractivity contribution in [1.29, 1.82) is 0 Å². The quantitative estimate of drug-likeness (QED) is 0.600. The Bertz CT molecular complexity index is 339. The van der Waals surface area contributed by atoms with E-state index in [0.29, 0.717) is 11.4 Å². The molecule has 0 bridgehead atoms. The number of thioether (sulfide) groups is 1. The maximum Gasteiger partial charge on any atom is 0.151 e. The molecule has 0 saturated heterocycles. The summed E-state index contributed by atoms with van der Waals surface area (Å²) < 4.78 is 0. The summed E-state index contributed by atoms with van der Waals surface area (Å²) in [7, 11) is 0. The zero-order valence-corrected chi connectivity index (χ0v) is 10.0. The first-order valence-corrected chi connectivity index (χ1v) is 6.21. The van der Waals surface area contributed by atoms with Crippen LogP contribution in [0.3, 0.4) is 0 Å². The third-order valence-electron chi connectivity index (χ3n) is 1.77. The first-order valence-electron chi connectivity index (χ1n) is 4.07. The fourth-order valence-electron chi connectivity index (χ4n) is 1.09. The van der Waals surface area contributed by atoms with Crippen molar-refractivity contribution in [2.45, 2.75) is 11.3 Å². The fraction of sp³-hybridized carbons (Fsp3) is 0.300. The molecule has 0 radical (unpaired) electrons. The molecule has 0 atom stereocenters. The molecule has 1 nitrogen and oxygen atoms in total. The van der Waals surface area contributed by atoms with Gasteiger partial charge in [-0.1, -0.05) is 17.7 Å². The largest absolute Gasteiger partial charge is 0.298 e. The summed E-state index contributed by atoms with van der Waals surface area (Å²) in [4.78, 5) is 12.1. The van der Waals surface area contributed by atoms with Gasteiger partial charge in [0.2, 0.25) is 0 Å². The molecule has 4 heteroatoms. The number of halogens is 2. The van der Waals surface area contributed by atoms with Crippen LogP contribution in [0, 0.1) is 0 Å². The van der Waals surface area contributed by atoms with Gasteiger partial charge in [0.1, 0.15) is 0 Å². The second kappa shape index (κ2) is 5.64. The molecular formula is C10H10Cl2OS. The minimum Gasteiger partial charge on any atom is -0.298 e. The second-order valence-electron chi connectivity index (χ2n) is 2.82. The maximum absolute atomic E-state index is 11.1. The number of alkyl halides is 1. The molecule has 0 heterocycles. The zero-order valence-electron chi connectivity index (χ0n) is 7.72. The van der Waals surface area contributed by atoms with E-state index in [0.717, 1.165) is 10.5 Å². The Hall–Kier alpha value is -0.180. The Labute approximate surface area is 97.8 Å². The van der Waals surface area contributed by atoms with E-state index in [9.17, 15) is 4.79 Å². The van der Waals surface area contributed by atoms with Crippen molar-refractivity contribution in [2.75, 3.05) is 12.1 Å². The molecule has 0 aliphatic carbocycles. The summed E-state index contributed by atoms with van der Waals surface area (Å²) in [5.74, 6) is 0.0710. The lowest BCUT2D eigenvalue weighted by Gasteiger charge is -2.03. The van der Waals surface area contributed by atoms with Gasteiger partial charge < -0.3 is 0 Å². The van der Waals surface area contributed by atoms with Crippen LogP contribution in [0.15, 0.2) is 23.1 Å². The van der Waals surface area contributed by atoms with Gasteiger partial charge in [0.25, 0.3) is 0 Å². The Balaban J connectivity index is 2.81. The normalized spacial score (nSPS) is 10.2. The lowest BCUT2D eigenvalue weighted by Crippen LogP contribution is -2.03. The monoisotopic (exact) mass is 248 g/mol. The van der Waals surface area contributed by atoms with E-state index in [1.54, 1.807) is 11.8 Å². The molecule has 0 spiro atoms. The first kappa shape index (κ1) is 11.9. The van der Waals surface area contributed by atoms with Crippen LogP contribution in [-0.2, 0) is 11.2 Å². The number of rotatable bonds is 4. The predicted octanol–water partition coefficient (Wildman–Crippen LogP) is 3.41. The number of carbonyl (C=O) groups excluding carboxylic acids is 1. The van der Waals surface area contributed by atoms with E-state index < -0.39 is 0 Å². The van der Waals surface area contributed by atoms with Gasteiger partial charge in [0, 0.05) is 11.3 Å². The van der Waals surface area contributed by atoms with Crippen molar-refractivity contribution in [3.05, 3.63) is 28.8 Å². The molecule has 1 aromatic carbocycles. The number of carbonyl (C=O) groups is 1. The van der Waals surface area contributed by atoms with Crippen molar-refractivity contribution >= 4 is 40.7 Å². The van der Waals surface area contributed by atoms with Crippen molar-refractivity contribution in [3.63, 3.8) is 0 Å². The van der Waals surface area contributed by atoms with Crippen LogP contribution in [0.2, 0.25) is 5.02 Å². The van der Waals surface area contributed by atoms with Crippen molar-refractivity contribution in [2.24, 2.45) is 0 Å². The lowest BCUT2D eigenvalue weighted by atomic mass is 10.1. The standard InChI is InChI=1S/C10H10Cl2OS/c1-14-10-3-2-7(5-9(10)12)4-8(13)6-11/h2-3,5H,4,6H2,1H3. The molecule has 0 aliphatic heterocycles. The van der Waals surface area contributed by atoms with Gasteiger partial charge in [-0.05, 0) is 24.0 Å². The van der Waals surface area contributed by atoms with Gasteiger partial charge in [-0.3, -0.25) is 4.79 Å². The van der Waals surface area contributed by atoms with Crippen LogP contribution >= 0.6 is 35.0 Å². The van der Waals surface area contributed by atoms with Gasteiger partial charge in [-0.25, -0.2) is 0 Å². The summed E-state index contributed by atoms with van der Waals surface area (Å²) in [6.45, 7) is 0. The highest BCUT2D eigenvalue weighted by molar-refractivity contribution is 7.98. The van der Waals surface area contributed by atoms with Crippen molar-refractivity contribution in [3.8, 4) is 0 Å². The third kappa shape index (κ3) is 3.19. The van der Waals surface area contributed by atoms with Crippen LogP contribution in [0.4, 0.5) is 0 Å². The minimum atomic E-state index is 0.0136. The smallest absolute Gasteiger partial charge is 0.151 e. The van der Waals surface area contributed by atoms with E-state index in [1.165, 1.54) is 0 Å². The predicted molar refractivity (Wildman–Crippen MR) is 62.7 cm³/mol. The van der Waals surface area contributed by atoms with Gasteiger partial charge in [0.15, 0.2) is 5.78 Å². The zero-order chi connectivity index (χ0) is 10.6. The second-order valence-corrected chi connectivity index (χ2v) is 4.34. The number of Topliss-reactive ketones (excluding diaryl/α,β-unsaturated/α-hetero) is 1. The Morgan fingerprint density at radius 3 is 2.71 bits per heavy atom. The molecule has 0 aliphatic rings. The Kier molecular flexibility index (Phi) is 4.79. The highest BCUT2D eigenvalue weighted by atomic mass is 35.5. The van der Waals surface area contributed by atoms with Crippen LogP contribution in [-0.4, -0.2) is 17.9 Å². The van der Waals surface area contributed by atoms with Gasteiger partial charge in [-0.15, -0.1) is 23.4 Å². The minimum absolute atomic E-state index is 0.0136. The number of hydrogen-bond acceptors (Lipinski definition) is 2. The summed E-state index contributed by atoms with van der Waals surface area (Å²) >= 11 is 13.0. The van der Waals surface area contributed by atoms with E-state index >= 15 is 0 Å². The average molecular weight is 249 g/mol. The summed E-state index contributed by atoms with van der Waals surface area (Å²) in [6.07, 6.45) is 2.32. The lowest BCUT2D eigenvalue weighted by molar-refractivity contribution is -0.116. The molecule has 1 rings (SSSR count). The van der Waals surface area contributed by atoms with Crippen molar-refractivity contribution < 1.29 is 4.79 Å². The average Bonchev–Trinajstić information content (AvgIpc) is 2.18. The first-order chi connectivity index (χ1) is 6.67. The van der Waals surface area contributed by atoms with Crippen LogP contribution in [0.1, 0.15) is 5.56 Å². The van der Waals surface area contributed by atoms with E-state index in [-0.39, 0.29) is 11.7 Å². The van der Waals surface area contributed by atoms with E-state index in [4.69, 9.17) is 23.2 Å². The maximum atomic E-state index is 11.1. The van der Waals surface area contributed by atoms with Crippen LogP contribution in [0.25, 0.3) is 0 Å². The fourth-order valence-corrected chi connectivity index (χ4v) is 2.08. The SMILES string of the molecule is CSc1ccc(CC(=O)CCl)cc1Cl. The summed E-state index contributed by atoms with van der Waals surface area (Å²) in [5.41, 5.74) is 0.915. The topological polar surface area (TPSA) is 17.1 Å². The van der Waals surface area contributed by atoms with E-state index in [1.807, 2.05) is 24.5 Å². The summed E-state index contributed by atoms with van der Waals surface area (Å²) in [6, 6.07) is 5.64. The summed E-state index contributed by atoms with van der Waals surface area (Å²) in [5, 5.41) is 0.692. The van der Waals surface area contributed by atoms with Gasteiger partial charge in [0.05, 0.1) is 10.9 Å². The highest BCUT2D eigenvalue weighted by Crippen LogP contribution is 2.26. The molecule has 0 aromatic heterocycles. The molecule has 0 N–H and O–H groups in total. The van der Waals surface area contributed by atoms with Crippen LogP contribution < -0.4 is 0 Å². The number of benzene rings is 1.